The molecule has 0 fully saturated rings. The number of fused-ring (bicyclic) bond motifs is 1. The van der Waals surface area contributed by atoms with Crippen LogP contribution in [0.4, 0.5) is 4.39 Å². The molecular formula is C18H17FN2OS. The van der Waals surface area contributed by atoms with Gasteiger partial charge in [0.15, 0.2) is 0 Å². The second kappa shape index (κ2) is 6.87. The molecule has 3 rings (SSSR count). The van der Waals surface area contributed by atoms with Crippen molar-refractivity contribution in [2.45, 2.75) is 25.8 Å². The number of aromatic nitrogens is 1. The number of halogens is 1. The number of rotatable bonds is 5. The molecule has 1 atom stereocenters. The number of thiazole rings is 1. The summed E-state index contributed by atoms with van der Waals surface area (Å²) in [5.41, 5.74) is 1.87. The second-order valence-electron chi connectivity index (χ2n) is 5.42. The third-order valence-electron chi connectivity index (χ3n) is 3.65. The van der Waals surface area contributed by atoms with Crippen molar-refractivity contribution in [3.63, 3.8) is 0 Å². The van der Waals surface area contributed by atoms with Crippen LogP contribution < -0.4 is 5.32 Å². The monoisotopic (exact) mass is 328 g/mol. The Balaban J connectivity index is 1.55. The van der Waals surface area contributed by atoms with Crippen LogP contribution in [-0.2, 0) is 11.2 Å². The van der Waals surface area contributed by atoms with Crippen LogP contribution in [0.15, 0.2) is 48.5 Å². The summed E-state index contributed by atoms with van der Waals surface area (Å²) in [5.74, 6) is -0.302. The van der Waals surface area contributed by atoms with Crippen molar-refractivity contribution >= 4 is 27.5 Å². The van der Waals surface area contributed by atoms with Gasteiger partial charge in [-0.2, -0.15) is 0 Å². The van der Waals surface area contributed by atoms with E-state index in [1.165, 1.54) is 12.1 Å². The Hall–Kier alpha value is -2.27. The summed E-state index contributed by atoms with van der Waals surface area (Å²) < 4.78 is 14.1. The lowest BCUT2D eigenvalue weighted by Gasteiger charge is -2.14. The van der Waals surface area contributed by atoms with Crippen LogP contribution in [0.2, 0.25) is 0 Å². The van der Waals surface area contributed by atoms with E-state index in [0.29, 0.717) is 12.8 Å². The van der Waals surface area contributed by atoms with Crippen molar-refractivity contribution < 1.29 is 9.18 Å². The SMILES string of the molecule is C[C@H](NC(=O)CCc1nc2ccccc2s1)c1ccc(F)cc1. The molecule has 1 amide bonds. The molecule has 0 bridgehead atoms. The highest BCUT2D eigenvalue weighted by molar-refractivity contribution is 7.18. The molecule has 1 N–H and O–H groups in total. The molecule has 0 aliphatic carbocycles. The number of amides is 1. The fraction of sp³-hybridized carbons (Fsp3) is 0.222. The predicted molar refractivity (Wildman–Crippen MR) is 90.9 cm³/mol. The predicted octanol–water partition coefficient (Wildman–Crippen LogP) is 4.25. The summed E-state index contributed by atoms with van der Waals surface area (Å²) in [7, 11) is 0. The van der Waals surface area contributed by atoms with Crippen LogP contribution in [0.3, 0.4) is 0 Å². The van der Waals surface area contributed by atoms with Crippen molar-refractivity contribution in [2.24, 2.45) is 0 Å². The number of aryl methyl sites for hydroxylation is 1. The van der Waals surface area contributed by atoms with Gasteiger partial charge in [-0.25, -0.2) is 9.37 Å². The Morgan fingerprint density at radius 3 is 2.70 bits per heavy atom. The van der Waals surface area contributed by atoms with Crippen molar-refractivity contribution in [3.05, 3.63) is 64.9 Å². The maximum absolute atomic E-state index is 12.9. The van der Waals surface area contributed by atoms with Crippen LogP contribution in [-0.4, -0.2) is 10.9 Å². The van der Waals surface area contributed by atoms with E-state index in [1.54, 1.807) is 23.5 Å². The molecule has 5 heteroatoms. The van der Waals surface area contributed by atoms with Crippen LogP contribution in [0, 0.1) is 5.82 Å². The van der Waals surface area contributed by atoms with Gasteiger partial charge in [0.05, 0.1) is 21.3 Å². The average molecular weight is 328 g/mol. The quantitative estimate of drug-likeness (QED) is 0.761. The van der Waals surface area contributed by atoms with E-state index in [4.69, 9.17) is 0 Å². The molecule has 1 aromatic heterocycles. The molecule has 3 nitrogen and oxygen atoms in total. The molecule has 0 radical (unpaired) electrons. The van der Waals surface area contributed by atoms with Crippen LogP contribution in [0.25, 0.3) is 10.2 Å². The maximum atomic E-state index is 12.9. The lowest BCUT2D eigenvalue weighted by Crippen LogP contribution is -2.26. The largest absolute Gasteiger partial charge is 0.350 e. The molecule has 0 aliphatic rings. The van der Waals surface area contributed by atoms with Gasteiger partial charge in [-0.05, 0) is 36.8 Å². The smallest absolute Gasteiger partial charge is 0.220 e. The highest BCUT2D eigenvalue weighted by Crippen LogP contribution is 2.22. The van der Waals surface area contributed by atoms with E-state index in [0.717, 1.165) is 20.8 Å². The lowest BCUT2D eigenvalue weighted by atomic mass is 10.1. The van der Waals surface area contributed by atoms with Gasteiger partial charge < -0.3 is 5.32 Å². The van der Waals surface area contributed by atoms with E-state index in [-0.39, 0.29) is 17.8 Å². The fourth-order valence-corrected chi connectivity index (χ4v) is 3.36. The molecular weight excluding hydrogens is 311 g/mol. The number of benzene rings is 2. The minimum atomic E-state index is -0.275. The van der Waals surface area contributed by atoms with Crippen molar-refractivity contribution in [2.75, 3.05) is 0 Å². The third-order valence-corrected chi connectivity index (χ3v) is 4.75. The third kappa shape index (κ3) is 3.93. The van der Waals surface area contributed by atoms with Gasteiger partial charge in [0.2, 0.25) is 5.91 Å². The summed E-state index contributed by atoms with van der Waals surface area (Å²) in [4.78, 5) is 16.6. The van der Waals surface area contributed by atoms with E-state index in [9.17, 15) is 9.18 Å². The van der Waals surface area contributed by atoms with Gasteiger partial charge in [-0.15, -0.1) is 11.3 Å². The Kier molecular flexibility index (Phi) is 4.67. The standard InChI is InChI=1S/C18H17FN2OS/c1-12(13-6-8-14(19)9-7-13)20-17(22)10-11-18-21-15-4-2-3-5-16(15)23-18/h2-9,12H,10-11H2,1H3,(H,20,22)/t12-/m0/s1. The molecule has 0 saturated carbocycles. The number of para-hydroxylation sites is 1. The van der Waals surface area contributed by atoms with E-state index >= 15 is 0 Å². The van der Waals surface area contributed by atoms with Crippen molar-refractivity contribution in [3.8, 4) is 0 Å². The van der Waals surface area contributed by atoms with Gasteiger partial charge in [-0.3, -0.25) is 4.79 Å². The normalized spacial score (nSPS) is 12.3. The van der Waals surface area contributed by atoms with Gasteiger partial charge in [0.1, 0.15) is 5.82 Å². The highest BCUT2D eigenvalue weighted by atomic mass is 32.1. The summed E-state index contributed by atoms with van der Waals surface area (Å²) in [6.45, 7) is 1.89. The number of carbonyl (C=O) groups excluding carboxylic acids is 1. The van der Waals surface area contributed by atoms with Crippen LogP contribution in [0.1, 0.15) is 30.0 Å². The topological polar surface area (TPSA) is 42.0 Å². The summed E-state index contributed by atoms with van der Waals surface area (Å²) in [6, 6.07) is 14.0. The molecule has 2 aromatic carbocycles. The summed E-state index contributed by atoms with van der Waals surface area (Å²) in [6.07, 6.45) is 1.02. The van der Waals surface area contributed by atoms with Crippen molar-refractivity contribution in [1.82, 2.24) is 10.3 Å². The van der Waals surface area contributed by atoms with E-state index < -0.39 is 0 Å². The zero-order valence-corrected chi connectivity index (χ0v) is 13.6. The Morgan fingerprint density at radius 2 is 1.96 bits per heavy atom. The first-order chi connectivity index (χ1) is 11.1. The fourth-order valence-electron chi connectivity index (χ4n) is 2.40. The molecule has 3 aromatic rings. The minimum absolute atomic E-state index is 0.0268. The maximum Gasteiger partial charge on any atom is 0.220 e. The van der Waals surface area contributed by atoms with Crippen LogP contribution >= 0.6 is 11.3 Å². The molecule has 0 saturated heterocycles. The van der Waals surface area contributed by atoms with Crippen molar-refractivity contribution in [1.29, 1.82) is 0 Å². The zero-order chi connectivity index (χ0) is 16.2. The molecule has 0 spiro atoms. The minimum Gasteiger partial charge on any atom is -0.350 e. The summed E-state index contributed by atoms with van der Waals surface area (Å²) >= 11 is 1.62. The van der Waals surface area contributed by atoms with Gasteiger partial charge in [0.25, 0.3) is 0 Å². The molecule has 0 unspecified atom stereocenters. The first kappa shape index (κ1) is 15.6. The molecule has 23 heavy (non-hydrogen) atoms. The highest BCUT2D eigenvalue weighted by Gasteiger charge is 2.11. The molecule has 0 aliphatic heterocycles. The lowest BCUT2D eigenvalue weighted by molar-refractivity contribution is -0.121. The van der Waals surface area contributed by atoms with Gasteiger partial charge in [0, 0.05) is 12.8 Å². The number of nitrogens with zero attached hydrogens (tertiary/aromatic N) is 1. The average Bonchev–Trinajstić information content (AvgIpc) is 2.96. The first-order valence-electron chi connectivity index (χ1n) is 7.51. The number of nitrogens with one attached hydrogen (secondary N) is 1. The number of hydrogen-bond acceptors (Lipinski definition) is 3. The summed E-state index contributed by atoms with van der Waals surface area (Å²) in [5, 5.41) is 3.90. The Morgan fingerprint density at radius 1 is 1.22 bits per heavy atom. The van der Waals surface area contributed by atoms with Gasteiger partial charge in [-0.1, -0.05) is 24.3 Å². The van der Waals surface area contributed by atoms with E-state index in [1.807, 2.05) is 31.2 Å². The Bertz CT molecular complexity index is 780. The second-order valence-corrected chi connectivity index (χ2v) is 6.53. The van der Waals surface area contributed by atoms with Crippen LogP contribution in [0.5, 0.6) is 0 Å². The number of hydrogen-bond donors (Lipinski definition) is 1. The molecule has 118 valence electrons. The van der Waals surface area contributed by atoms with Gasteiger partial charge >= 0.3 is 0 Å². The first-order valence-corrected chi connectivity index (χ1v) is 8.33. The Labute approximate surface area is 138 Å². The van der Waals surface area contributed by atoms with E-state index in [2.05, 4.69) is 10.3 Å². The molecule has 1 heterocycles. The zero-order valence-electron chi connectivity index (χ0n) is 12.8. The number of carbonyl (C=O) groups is 1.